The average Bonchev–Trinajstić information content (AvgIpc) is 3.23. The molecule has 1 aliphatic rings. The summed E-state index contributed by atoms with van der Waals surface area (Å²) in [5.74, 6) is -1.83. The van der Waals surface area contributed by atoms with E-state index in [2.05, 4.69) is 9.32 Å². The van der Waals surface area contributed by atoms with E-state index in [9.17, 15) is 14.4 Å². The molecule has 0 atom stereocenters. The fourth-order valence-electron chi connectivity index (χ4n) is 3.03. The molecule has 1 aliphatic heterocycles. The molecular weight excluding hydrogens is 388 g/mol. The third-order valence-corrected chi connectivity index (χ3v) is 4.73. The zero-order valence-electron chi connectivity index (χ0n) is 16.9. The fraction of sp³-hybridized carbons (Fsp3) is 0.333. The molecule has 1 saturated heterocycles. The lowest BCUT2D eigenvalue weighted by Crippen LogP contribution is -2.32. The van der Waals surface area contributed by atoms with Gasteiger partial charge in [-0.25, -0.2) is 4.79 Å². The summed E-state index contributed by atoms with van der Waals surface area (Å²) in [7, 11) is 1.72. The Morgan fingerprint density at radius 1 is 1.17 bits per heavy atom. The summed E-state index contributed by atoms with van der Waals surface area (Å²) in [6.45, 7) is 3.36. The summed E-state index contributed by atoms with van der Waals surface area (Å²) in [6.07, 6.45) is 3.45. The summed E-state index contributed by atoms with van der Waals surface area (Å²) in [6, 6.07) is 9.57. The molecule has 1 aromatic carbocycles. The number of piperidine rings is 1. The lowest BCUT2D eigenvalue weighted by atomic mass is 10.1. The Morgan fingerprint density at radius 2 is 1.83 bits per heavy atom. The minimum Gasteiger partial charge on any atom is -0.475 e. The van der Waals surface area contributed by atoms with Crippen LogP contribution in [-0.2, 0) is 4.79 Å². The first-order valence-electron chi connectivity index (χ1n) is 9.41. The van der Waals surface area contributed by atoms with Gasteiger partial charge in [-0.2, -0.15) is 5.26 Å². The summed E-state index contributed by atoms with van der Waals surface area (Å²) in [5, 5.41) is 16.5. The zero-order chi connectivity index (χ0) is 22.3. The largest absolute Gasteiger partial charge is 0.475 e. The molecule has 158 valence electrons. The number of nitriles is 1. The van der Waals surface area contributed by atoms with Crippen LogP contribution in [0.4, 0.5) is 11.4 Å². The maximum Gasteiger partial charge on any atom is 0.371 e. The van der Waals surface area contributed by atoms with Gasteiger partial charge in [0.1, 0.15) is 6.07 Å². The summed E-state index contributed by atoms with van der Waals surface area (Å²) in [4.78, 5) is 36.9. The van der Waals surface area contributed by atoms with Gasteiger partial charge in [0, 0.05) is 32.7 Å². The van der Waals surface area contributed by atoms with Gasteiger partial charge >= 0.3 is 5.97 Å². The predicted octanol–water partition coefficient (Wildman–Crippen LogP) is 2.61. The van der Waals surface area contributed by atoms with Gasteiger partial charge < -0.3 is 25.1 Å². The molecule has 0 aliphatic carbocycles. The van der Waals surface area contributed by atoms with Crippen molar-refractivity contribution >= 4 is 29.2 Å². The smallest absolute Gasteiger partial charge is 0.371 e. The Balaban J connectivity index is 0.000000269. The molecule has 2 amide bonds. The van der Waals surface area contributed by atoms with Gasteiger partial charge in [-0.15, -0.1) is 0 Å². The topological polar surface area (TPSA) is 141 Å². The van der Waals surface area contributed by atoms with Crippen molar-refractivity contribution in [1.82, 2.24) is 0 Å². The molecule has 0 unspecified atom stereocenters. The number of primary amides is 1. The molecule has 0 saturated carbocycles. The van der Waals surface area contributed by atoms with Crippen molar-refractivity contribution < 1.29 is 23.9 Å². The van der Waals surface area contributed by atoms with Crippen molar-refractivity contribution in [2.75, 3.05) is 29.9 Å². The summed E-state index contributed by atoms with van der Waals surface area (Å²) in [5.41, 5.74) is 7.60. The van der Waals surface area contributed by atoms with Gasteiger partial charge in [0.25, 0.3) is 5.91 Å². The Bertz CT molecular complexity index is 970. The summed E-state index contributed by atoms with van der Waals surface area (Å²) < 4.78 is 4.53. The number of hydrogen-bond acceptors (Lipinski definition) is 6. The standard InChI is InChI=1S/C15H21N3O2.C6H3NO3/c1-11(19)17(2)12-6-7-13(15(16)20)14(10-12)18-8-4-3-5-9-18;7-3-4-1-2-5(10-4)6(8)9/h6-7,10H,3-5,8-9H2,1-2H3,(H2,16,20);1-2H,(H,8,9). The number of carboxylic acid groups (broad SMARTS) is 1. The number of hydrogen-bond donors (Lipinski definition) is 2. The Kier molecular flexibility index (Phi) is 7.58. The highest BCUT2D eigenvalue weighted by Gasteiger charge is 2.19. The molecule has 3 rings (SSSR count). The van der Waals surface area contributed by atoms with E-state index in [1.807, 2.05) is 6.07 Å². The molecule has 9 nitrogen and oxygen atoms in total. The highest BCUT2D eigenvalue weighted by molar-refractivity contribution is 6.00. The van der Waals surface area contributed by atoms with Gasteiger partial charge in [0.2, 0.25) is 17.4 Å². The molecule has 3 N–H and O–H groups in total. The Hall–Kier alpha value is -3.80. The van der Waals surface area contributed by atoms with Crippen LogP contribution in [-0.4, -0.2) is 43.0 Å². The number of carboxylic acids is 1. The molecule has 0 bridgehead atoms. The van der Waals surface area contributed by atoms with Crippen molar-refractivity contribution in [2.24, 2.45) is 5.73 Å². The van der Waals surface area contributed by atoms with E-state index in [0.29, 0.717) is 5.56 Å². The Labute approximate surface area is 174 Å². The third-order valence-electron chi connectivity index (χ3n) is 4.73. The van der Waals surface area contributed by atoms with Crippen molar-refractivity contribution in [1.29, 1.82) is 5.26 Å². The first-order chi connectivity index (χ1) is 14.2. The molecular formula is C21H24N4O5. The van der Waals surface area contributed by atoms with E-state index >= 15 is 0 Å². The van der Waals surface area contributed by atoms with E-state index < -0.39 is 11.9 Å². The highest BCUT2D eigenvalue weighted by atomic mass is 16.4. The number of nitrogens with zero attached hydrogens (tertiary/aromatic N) is 3. The molecule has 2 heterocycles. The van der Waals surface area contributed by atoms with E-state index in [-0.39, 0.29) is 17.4 Å². The van der Waals surface area contributed by atoms with E-state index in [1.54, 1.807) is 30.1 Å². The number of nitrogens with two attached hydrogens (primary N) is 1. The number of carbonyl (C=O) groups excluding carboxylic acids is 2. The molecule has 0 spiro atoms. The van der Waals surface area contributed by atoms with Crippen LogP contribution in [0.25, 0.3) is 0 Å². The number of furan rings is 1. The van der Waals surface area contributed by atoms with Crippen molar-refractivity contribution in [2.45, 2.75) is 26.2 Å². The van der Waals surface area contributed by atoms with Crippen LogP contribution in [0.5, 0.6) is 0 Å². The van der Waals surface area contributed by atoms with Gasteiger partial charge in [-0.05, 0) is 49.6 Å². The fourth-order valence-corrected chi connectivity index (χ4v) is 3.03. The van der Waals surface area contributed by atoms with Gasteiger partial charge in [-0.1, -0.05) is 0 Å². The number of anilines is 2. The molecule has 9 heteroatoms. The minimum atomic E-state index is -1.17. The molecule has 2 aromatic rings. The first-order valence-corrected chi connectivity index (χ1v) is 9.41. The van der Waals surface area contributed by atoms with Crippen molar-refractivity contribution in [3.05, 3.63) is 47.4 Å². The van der Waals surface area contributed by atoms with Gasteiger partial charge in [-0.3, -0.25) is 9.59 Å². The normalized spacial score (nSPS) is 12.9. The molecule has 1 aromatic heterocycles. The second-order valence-electron chi connectivity index (χ2n) is 6.77. The quantitative estimate of drug-likeness (QED) is 0.786. The lowest BCUT2D eigenvalue weighted by molar-refractivity contribution is -0.116. The van der Waals surface area contributed by atoms with Gasteiger partial charge in [0.15, 0.2) is 0 Å². The van der Waals surface area contributed by atoms with E-state index in [0.717, 1.165) is 37.3 Å². The molecule has 1 fully saturated rings. The minimum absolute atomic E-state index is 0.0115. The molecule has 30 heavy (non-hydrogen) atoms. The second-order valence-corrected chi connectivity index (χ2v) is 6.77. The van der Waals surface area contributed by atoms with Crippen LogP contribution in [0.2, 0.25) is 0 Å². The maximum atomic E-state index is 11.6. The van der Waals surface area contributed by atoms with Crippen LogP contribution in [0.15, 0.2) is 34.7 Å². The maximum absolute atomic E-state index is 11.6. The number of rotatable bonds is 4. The number of aromatic carboxylic acids is 1. The first kappa shape index (κ1) is 22.5. The highest BCUT2D eigenvalue weighted by Crippen LogP contribution is 2.28. The van der Waals surface area contributed by atoms with Crippen molar-refractivity contribution in [3.8, 4) is 6.07 Å². The van der Waals surface area contributed by atoms with Crippen LogP contribution in [0.3, 0.4) is 0 Å². The van der Waals surface area contributed by atoms with Crippen LogP contribution in [0, 0.1) is 11.3 Å². The number of carbonyl (C=O) groups is 3. The Morgan fingerprint density at radius 3 is 2.30 bits per heavy atom. The monoisotopic (exact) mass is 412 g/mol. The molecule has 0 radical (unpaired) electrons. The predicted molar refractivity (Wildman–Crippen MR) is 110 cm³/mol. The summed E-state index contributed by atoms with van der Waals surface area (Å²) >= 11 is 0. The number of amides is 2. The van der Waals surface area contributed by atoms with Crippen molar-refractivity contribution in [3.63, 3.8) is 0 Å². The van der Waals surface area contributed by atoms with Crippen LogP contribution < -0.4 is 15.5 Å². The lowest BCUT2D eigenvalue weighted by Gasteiger charge is -2.31. The van der Waals surface area contributed by atoms with E-state index in [1.165, 1.54) is 25.5 Å². The second kappa shape index (κ2) is 10.1. The average molecular weight is 412 g/mol. The number of benzene rings is 1. The van der Waals surface area contributed by atoms with E-state index in [4.69, 9.17) is 16.1 Å². The van der Waals surface area contributed by atoms with Crippen LogP contribution in [0.1, 0.15) is 52.9 Å². The third kappa shape index (κ3) is 5.61. The SMILES string of the molecule is CC(=O)N(C)c1ccc(C(N)=O)c(N2CCCCC2)c1.N#Cc1ccc(C(=O)O)o1. The van der Waals surface area contributed by atoms with Crippen LogP contribution >= 0.6 is 0 Å². The van der Waals surface area contributed by atoms with Gasteiger partial charge in [0.05, 0.1) is 11.3 Å². The zero-order valence-corrected chi connectivity index (χ0v) is 16.9.